The molecular formula is C14H13N3OS2. The molecule has 1 aromatic carbocycles. The van der Waals surface area contributed by atoms with E-state index in [1.807, 2.05) is 44.2 Å². The molecule has 0 spiro atoms. The molecule has 102 valence electrons. The van der Waals surface area contributed by atoms with Gasteiger partial charge in [-0.25, -0.2) is 9.67 Å². The maximum atomic E-state index is 12.1. The second-order valence-corrected chi connectivity index (χ2v) is 6.72. The smallest absolute Gasteiger partial charge is 0.257 e. The molecule has 6 heteroatoms. The van der Waals surface area contributed by atoms with E-state index in [0.29, 0.717) is 5.75 Å². The number of carbonyl (C=O) groups excluding carboxylic acids is 1. The Kier molecular flexibility index (Phi) is 3.58. The largest absolute Gasteiger partial charge is 0.272 e. The highest BCUT2D eigenvalue weighted by Crippen LogP contribution is 2.29. The van der Waals surface area contributed by atoms with Crippen LogP contribution in [-0.2, 0) is 0 Å². The number of rotatable bonds is 3. The molecule has 0 aliphatic heterocycles. The van der Waals surface area contributed by atoms with Gasteiger partial charge >= 0.3 is 0 Å². The summed E-state index contributed by atoms with van der Waals surface area (Å²) in [4.78, 5) is 16.6. The first kappa shape index (κ1) is 13.3. The highest BCUT2D eigenvalue weighted by Gasteiger charge is 2.12. The number of thioether (sulfide) groups is 1. The number of benzene rings is 1. The van der Waals surface area contributed by atoms with Gasteiger partial charge in [0.1, 0.15) is 0 Å². The zero-order valence-corrected chi connectivity index (χ0v) is 12.8. The fourth-order valence-corrected chi connectivity index (χ4v) is 3.89. The molecule has 2 aromatic heterocycles. The molecule has 0 saturated heterocycles. The summed E-state index contributed by atoms with van der Waals surface area (Å²) in [6.07, 6.45) is 0. The van der Waals surface area contributed by atoms with Crippen molar-refractivity contribution in [1.29, 1.82) is 0 Å². The van der Waals surface area contributed by atoms with E-state index >= 15 is 0 Å². The molecule has 0 atom stereocenters. The van der Waals surface area contributed by atoms with Crippen LogP contribution in [0.2, 0.25) is 0 Å². The highest BCUT2D eigenvalue weighted by atomic mass is 32.2. The Labute approximate surface area is 124 Å². The van der Waals surface area contributed by atoms with Crippen LogP contribution < -0.4 is 0 Å². The summed E-state index contributed by atoms with van der Waals surface area (Å²) in [6.45, 7) is 3.78. The van der Waals surface area contributed by atoms with Crippen molar-refractivity contribution in [2.24, 2.45) is 0 Å². The first-order valence-corrected chi connectivity index (χ1v) is 7.98. The monoisotopic (exact) mass is 303 g/mol. The van der Waals surface area contributed by atoms with Gasteiger partial charge in [-0.15, -0.1) is 11.3 Å². The average Bonchev–Trinajstić information content (AvgIpc) is 2.98. The van der Waals surface area contributed by atoms with Crippen molar-refractivity contribution in [3.63, 3.8) is 0 Å². The first-order chi connectivity index (χ1) is 9.63. The number of nitrogens with zero attached hydrogens (tertiary/aromatic N) is 3. The molecule has 0 aliphatic carbocycles. The minimum absolute atomic E-state index is 0.0140. The second-order valence-electron chi connectivity index (χ2n) is 4.47. The van der Waals surface area contributed by atoms with E-state index < -0.39 is 0 Å². The van der Waals surface area contributed by atoms with E-state index in [1.54, 1.807) is 11.3 Å². The Morgan fingerprint density at radius 3 is 2.85 bits per heavy atom. The van der Waals surface area contributed by atoms with E-state index in [-0.39, 0.29) is 5.91 Å². The summed E-state index contributed by atoms with van der Waals surface area (Å²) in [5.41, 5.74) is 2.72. The fourth-order valence-electron chi connectivity index (χ4n) is 1.98. The van der Waals surface area contributed by atoms with Gasteiger partial charge in [0.05, 0.1) is 21.7 Å². The van der Waals surface area contributed by atoms with Crippen LogP contribution in [0.4, 0.5) is 0 Å². The molecule has 20 heavy (non-hydrogen) atoms. The van der Waals surface area contributed by atoms with E-state index in [4.69, 9.17) is 0 Å². The van der Waals surface area contributed by atoms with Crippen molar-refractivity contribution in [3.8, 4) is 0 Å². The predicted molar refractivity (Wildman–Crippen MR) is 82.7 cm³/mol. The number of hydrogen-bond acceptors (Lipinski definition) is 5. The van der Waals surface area contributed by atoms with E-state index in [9.17, 15) is 4.79 Å². The average molecular weight is 303 g/mol. The molecule has 3 aromatic rings. The van der Waals surface area contributed by atoms with Crippen LogP contribution in [0.15, 0.2) is 34.7 Å². The number of carbonyl (C=O) groups is 1. The Hall–Kier alpha value is -1.66. The van der Waals surface area contributed by atoms with Gasteiger partial charge < -0.3 is 0 Å². The van der Waals surface area contributed by atoms with Crippen molar-refractivity contribution in [2.75, 3.05) is 5.75 Å². The second kappa shape index (κ2) is 5.38. The molecule has 0 radical (unpaired) electrons. The Morgan fingerprint density at radius 2 is 2.15 bits per heavy atom. The summed E-state index contributed by atoms with van der Waals surface area (Å²) in [7, 11) is 0. The van der Waals surface area contributed by atoms with Crippen LogP contribution in [0.25, 0.3) is 10.2 Å². The molecule has 0 fully saturated rings. The van der Waals surface area contributed by atoms with Crippen LogP contribution >= 0.6 is 23.1 Å². The molecular weight excluding hydrogens is 290 g/mol. The van der Waals surface area contributed by atoms with Crippen LogP contribution in [0.5, 0.6) is 0 Å². The minimum atomic E-state index is -0.0140. The van der Waals surface area contributed by atoms with E-state index in [0.717, 1.165) is 25.9 Å². The number of thiazole rings is 1. The van der Waals surface area contributed by atoms with E-state index in [2.05, 4.69) is 10.1 Å². The van der Waals surface area contributed by atoms with Gasteiger partial charge in [-0.1, -0.05) is 23.9 Å². The van der Waals surface area contributed by atoms with Gasteiger partial charge in [-0.3, -0.25) is 4.79 Å². The molecule has 0 unspecified atom stereocenters. The number of para-hydroxylation sites is 1. The highest BCUT2D eigenvalue weighted by molar-refractivity contribution is 8.01. The number of hydrogen-bond donors (Lipinski definition) is 0. The van der Waals surface area contributed by atoms with Crippen LogP contribution in [0.1, 0.15) is 16.2 Å². The third-order valence-electron chi connectivity index (χ3n) is 2.84. The van der Waals surface area contributed by atoms with Crippen molar-refractivity contribution in [2.45, 2.75) is 18.2 Å². The van der Waals surface area contributed by atoms with Gasteiger partial charge in [0.2, 0.25) is 0 Å². The van der Waals surface area contributed by atoms with Crippen LogP contribution in [0, 0.1) is 13.8 Å². The van der Waals surface area contributed by atoms with Crippen molar-refractivity contribution in [1.82, 2.24) is 14.8 Å². The quantitative estimate of drug-likeness (QED) is 0.694. The fraction of sp³-hybridized carbons (Fsp3) is 0.214. The Morgan fingerprint density at radius 1 is 1.35 bits per heavy atom. The van der Waals surface area contributed by atoms with Gasteiger partial charge in [0.25, 0.3) is 5.91 Å². The third kappa shape index (κ3) is 2.62. The first-order valence-electron chi connectivity index (χ1n) is 6.18. The van der Waals surface area contributed by atoms with Crippen molar-refractivity contribution < 1.29 is 4.79 Å². The predicted octanol–water partition coefficient (Wildman–Crippen LogP) is 3.54. The number of aryl methyl sites for hydroxylation is 2. The lowest BCUT2D eigenvalue weighted by atomic mass is 10.3. The lowest BCUT2D eigenvalue weighted by molar-refractivity contribution is 0.0924. The molecule has 2 heterocycles. The normalized spacial score (nSPS) is 11.1. The minimum Gasteiger partial charge on any atom is -0.272 e. The lowest BCUT2D eigenvalue weighted by Crippen LogP contribution is -2.16. The van der Waals surface area contributed by atoms with E-state index in [1.165, 1.54) is 16.4 Å². The molecule has 0 bridgehead atoms. The Bertz CT molecular complexity index is 743. The summed E-state index contributed by atoms with van der Waals surface area (Å²) < 4.78 is 3.53. The van der Waals surface area contributed by atoms with Crippen molar-refractivity contribution >= 4 is 39.2 Å². The molecule has 0 N–H and O–H groups in total. The maximum absolute atomic E-state index is 12.1. The summed E-state index contributed by atoms with van der Waals surface area (Å²) in [5.74, 6) is 0.335. The van der Waals surface area contributed by atoms with Crippen molar-refractivity contribution in [3.05, 3.63) is 41.7 Å². The molecule has 0 amide bonds. The molecule has 0 aliphatic rings. The van der Waals surface area contributed by atoms with Crippen LogP contribution in [0.3, 0.4) is 0 Å². The standard InChI is InChI=1S/C14H13N3OS2/c1-9-7-10(2)17(16-9)13(18)8-19-14-15-11-5-3-4-6-12(11)20-14/h3-7H,8H2,1-2H3. The molecule has 3 rings (SSSR count). The van der Waals surface area contributed by atoms with Gasteiger partial charge in [-0.2, -0.15) is 5.10 Å². The zero-order chi connectivity index (χ0) is 14.1. The van der Waals surface area contributed by atoms with Gasteiger partial charge in [0.15, 0.2) is 4.34 Å². The Balaban J connectivity index is 1.73. The van der Waals surface area contributed by atoms with Gasteiger partial charge in [-0.05, 0) is 32.0 Å². The SMILES string of the molecule is Cc1cc(C)n(C(=O)CSc2nc3ccccc3s2)n1. The molecule has 4 nitrogen and oxygen atoms in total. The number of fused-ring (bicyclic) bond motifs is 1. The summed E-state index contributed by atoms with van der Waals surface area (Å²) >= 11 is 3.08. The summed E-state index contributed by atoms with van der Waals surface area (Å²) in [6, 6.07) is 9.90. The third-order valence-corrected chi connectivity index (χ3v) is 5.00. The van der Waals surface area contributed by atoms with Gasteiger partial charge in [0, 0.05) is 5.69 Å². The topological polar surface area (TPSA) is 47.8 Å². The lowest BCUT2D eigenvalue weighted by Gasteiger charge is -2.01. The zero-order valence-electron chi connectivity index (χ0n) is 11.2. The number of aromatic nitrogens is 3. The molecule has 0 saturated carbocycles. The summed E-state index contributed by atoms with van der Waals surface area (Å²) in [5, 5.41) is 4.20. The maximum Gasteiger partial charge on any atom is 0.257 e. The van der Waals surface area contributed by atoms with Crippen LogP contribution in [-0.4, -0.2) is 26.4 Å².